The first kappa shape index (κ1) is 17.2. The minimum absolute atomic E-state index is 0.790. The molecule has 23 heavy (non-hydrogen) atoms. The van der Waals surface area contributed by atoms with E-state index in [1.807, 2.05) is 12.3 Å². The normalized spacial score (nSPS) is 22.5. The van der Waals surface area contributed by atoms with Crippen molar-refractivity contribution >= 4 is 11.6 Å². The number of aromatic nitrogens is 1. The van der Waals surface area contributed by atoms with Crippen molar-refractivity contribution in [2.45, 2.75) is 38.8 Å². The van der Waals surface area contributed by atoms with E-state index in [0.29, 0.717) is 0 Å². The van der Waals surface area contributed by atoms with Crippen LogP contribution in [0.2, 0.25) is 5.02 Å². The van der Waals surface area contributed by atoms with Crippen LogP contribution in [-0.4, -0.2) is 71.5 Å². The zero-order valence-corrected chi connectivity index (χ0v) is 15.0. The number of halogens is 1. The summed E-state index contributed by atoms with van der Waals surface area (Å²) >= 11 is 6.23. The minimum Gasteiger partial charge on any atom is -0.303 e. The third-order valence-electron chi connectivity index (χ3n) is 5.27. The molecule has 0 aromatic carbocycles. The Morgan fingerprint density at radius 2 is 1.83 bits per heavy atom. The molecule has 0 N–H and O–H groups in total. The van der Waals surface area contributed by atoms with Crippen molar-refractivity contribution in [2.24, 2.45) is 0 Å². The van der Waals surface area contributed by atoms with Gasteiger partial charge in [0.2, 0.25) is 0 Å². The molecule has 5 heteroatoms. The number of piperazine rings is 1. The Morgan fingerprint density at radius 1 is 1.09 bits per heavy atom. The van der Waals surface area contributed by atoms with Gasteiger partial charge in [0.05, 0.1) is 5.02 Å². The SMILES string of the molecule is CCCN1CCC(N2CCN(Cc3ccncc3Cl)CC2)CC1. The van der Waals surface area contributed by atoms with Crippen molar-refractivity contribution in [1.29, 1.82) is 0 Å². The van der Waals surface area contributed by atoms with Gasteiger partial charge in [-0.2, -0.15) is 0 Å². The van der Waals surface area contributed by atoms with Crippen LogP contribution in [0.25, 0.3) is 0 Å². The molecule has 2 aliphatic heterocycles. The Bertz CT molecular complexity index is 480. The highest BCUT2D eigenvalue weighted by Gasteiger charge is 2.27. The van der Waals surface area contributed by atoms with E-state index in [1.54, 1.807) is 6.20 Å². The maximum absolute atomic E-state index is 6.23. The molecule has 2 saturated heterocycles. The Morgan fingerprint density at radius 3 is 2.48 bits per heavy atom. The van der Waals surface area contributed by atoms with Gasteiger partial charge in [-0.15, -0.1) is 0 Å². The van der Waals surface area contributed by atoms with Gasteiger partial charge < -0.3 is 4.90 Å². The van der Waals surface area contributed by atoms with Crippen LogP contribution in [0.3, 0.4) is 0 Å². The third-order valence-corrected chi connectivity index (χ3v) is 5.61. The van der Waals surface area contributed by atoms with E-state index in [1.165, 1.54) is 57.5 Å². The van der Waals surface area contributed by atoms with Crippen LogP contribution in [-0.2, 0) is 6.54 Å². The van der Waals surface area contributed by atoms with Crippen LogP contribution < -0.4 is 0 Å². The number of rotatable bonds is 5. The standard InChI is InChI=1S/C18H29ClN4/c1-2-7-21-8-4-17(5-9-21)23-12-10-22(11-13-23)15-16-3-6-20-14-18(16)19/h3,6,14,17H,2,4-5,7-13,15H2,1H3. The number of piperidine rings is 1. The smallest absolute Gasteiger partial charge is 0.0634 e. The van der Waals surface area contributed by atoms with E-state index in [2.05, 4.69) is 26.6 Å². The summed E-state index contributed by atoms with van der Waals surface area (Å²) in [4.78, 5) is 11.9. The summed E-state index contributed by atoms with van der Waals surface area (Å²) in [6.45, 7) is 11.7. The third kappa shape index (κ3) is 4.66. The average Bonchev–Trinajstić information content (AvgIpc) is 2.59. The first-order chi connectivity index (χ1) is 11.3. The highest BCUT2D eigenvalue weighted by Crippen LogP contribution is 2.20. The Labute approximate surface area is 145 Å². The molecular formula is C18H29ClN4. The fraction of sp³-hybridized carbons (Fsp3) is 0.722. The van der Waals surface area contributed by atoms with Crippen molar-refractivity contribution in [3.8, 4) is 0 Å². The molecular weight excluding hydrogens is 308 g/mol. The molecule has 0 saturated carbocycles. The predicted molar refractivity (Wildman–Crippen MR) is 95.9 cm³/mol. The molecule has 1 aromatic heterocycles. The van der Waals surface area contributed by atoms with Gasteiger partial charge in [-0.1, -0.05) is 18.5 Å². The zero-order chi connectivity index (χ0) is 16.1. The predicted octanol–water partition coefficient (Wildman–Crippen LogP) is 2.73. The summed E-state index contributed by atoms with van der Waals surface area (Å²) in [6, 6.07) is 2.84. The Hall–Kier alpha value is -0.680. The average molecular weight is 337 g/mol. The van der Waals surface area contributed by atoms with E-state index >= 15 is 0 Å². The molecule has 0 unspecified atom stereocenters. The molecule has 2 fully saturated rings. The molecule has 0 spiro atoms. The number of pyridine rings is 1. The molecule has 128 valence electrons. The van der Waals surface area contributed by atoms with E-state index < -0.39 is 0 Å². The van der Waals surface area contributed by atoms with Gasteiger partial charge in [-0.3, -0.25) is 14.8 Å². The van der Waals surface area contributed by atoms with Crippen LogP contribution in [0.15, 0.2) is 18.5 Å². The molecule has 0 aliphatic carbocycles. The highest BCUT2D eigenvalue weighted by molar-refractivity contribution is 6.31. The van der Waals surface area contributed by atoms with Crippen molar-refractivity contribution in [3.63, 3.8) is 0 Å². The monoisotopic (exact) mass is 336 g/mol. The van der Waals surface area contributed by atoms with Gasteiger partial charge in [-0.05, 0) is 50.5 Å². The van der Waals surface area contributed by atoms with Gasteiger partial charge >= 0.3 is 0 Å². The highest BCUT2D eigenvalue weighted by atomic mass is 35.5. The van der Waals surface area contributed by atoms with Gasteiger partial charge in [0.15, 0.2) is 0 Å². The lowest BCUT2D eigenvalue weighted by Gasteiger charge is -2.42. The molecule has 4 nitrogen and oxygen atoms in total. The van der Waals surface area contributed by atoms with Gasteiger partial charge in [-0.25, -0.2) is 0 Å². The first-order valence-electron chi connectivity index (χ1n) is 9.03. The molecule has 2 aliphatic rings. The Kier molecular flexibility index (Phi) is 6.29. The molecule has 0 atom stereocenters. The van der Waals surface area contributed by atoms with Crippen LogP contribution in [0.1, 0.15) is 31.7 Å². The summed E-state index contributed by atoms with van der Waals surface area (Å²) in [5, 5.41) is 0.790. The van der Waals surface area contributed by atoms with Gasteiger partial charge in [0.1, 0.15) is 0 Å². The van der Waals surface area contributed by atoms with Crippen molar-refractivity contribution < 1.29 is 0 Å². The van der Waals surface area contributed by atoms with Crippen molar-refractivity contribution in [3.05, 3.63) is 29.0 Å². The van der Waals surface area contributed by atoms with E-state index in [-0.39, 0.29) is 0 Å². The van der Waals surface area contributed by atoms with Gasteiger partial charge in [0, 0.05) is 51.2 Å². The largest absolute Gasteiger partial charge is 0.303 e. The molecule has 0 bridgehead atoms. The molecule has 0 radical (unpaired) electrons. The number of hydrogen-bond acceptors (Lipinski definition) is 4. The second kappa shape index (κ2) is 8.43. The lowest BCUT2D eigenvalue weighted by Crippen LogP contribution is -2.53. The maximum atomic E-state index is 6.23. The topological polar surface area (TPSA) is 22.6 Å². The lowest BCUT2D eigenvalue weighted by molar-refractivity contribution is 0.0567. The lowest BCUT2D eigenvalue weighted by atomic mass is 10.0. The minimum atomic E-state index is 0.790. The Balaban J connectivity index is 1.43. The summed E-state index contributed by atoms with van der Waals surface area (Å²) in [6.07, 6.45) is 7.55. The van der Waals surface area contributed by atoms with Crippen molar-refractivity contribution in [2.75, 3.05) is 45.8 Å². The maximum Gasteiger partial charge on any atom is 0.0634 e. The molecule has 1 aromatic rings. The molecule has 0 amide bonds. The summed E-state index contributed by atoms with van der Waals surface area (Å²) < 4.78 is 0. The van der Waals surface area contributed by atoms with Gasteiger partial charge in [0.25, 0.3) is 0 Å². The molecule has 3 heterocycles. The number of hydrogen-bond donors (Lipinski definition) is 0. The van der Waals surface area contributed by atoms with Crippen LogP contribution in [0, 0.1) is 0 Å². The van der Waals surface area contributed by atoms with Crippen LogP contribution in [0.5, 0.6) is 0 Å². The summed E-state index contributed by atoms with van der Waals surface area (Å²) in [5.74, 6) is 0. The van der Waals surface area contributed by atoms with E-state index in [4.69, 9.17) is 11.6 Å². The van der Waals surface area contributed by atoms with Crippen LogP contribution in [0.4, 0.5) is 0 Å². The fourth-order valence-electron chi connectivity index (χ4n) is 3.88. The summed E-state index contributed by atoms with van der Waals surface area (Å²) in [5.41, 5.74) is 1.20. The fourth-order valence-corrected chi connectivity index (χ4v) is 4.06. The second-order valence-electron chi connectivity index (χ2n) is 6.85. The van der Waals surface area contributed by atoms with Crippen molar-refractivity contribution in [1.82, 2.24) is 19.7 Å². The second-order valence-corrected chi connectivity index (χ2v) is 7.26. The van der Waals surface area contributed by atoms with E-state index in [0.717, 1.165) is 30.7 Å². The summed E-state index contributed by atoms with van der Waals surface area (Å²) in [7, 11) is 0. The van der Waals surface area contributed by atoms with Crippen LogP contribution >= 0.6 is 11.6 Å². The first-order valence-corrected chi connectivity index (χ1v) is 9.41. The quantitative estimate of drug-likeness (QED) is 0.824. The molecule has 3 rings (SSSR count). The van der Waals surface area contributed by atoms with E-state index in [9.17, 15) is 0 Å². The number of nitrogens with zero attached hydrogens (tertiary/aromatic N) is 4. The number of likely N-dealkylation sites (tertiary alicyclic amines) is 1. The zero-order valence-electron chi connectivity index (χ0n) is 14.3.